The Balaban J connectivity index is 1.56. The van der Waals surface area contributed by atoms with Crippen molar-refractivity contribution in [3.8, 4) is 17.2 Å². The number of rotatable bonds is 4. The van der Waals surface area contributed by atoms with E-state index in [0.717, 1.165) is 11.3 Å². The first-order valence-corrected chi connectivity index (χ1v) is 9.30. The summed E-state index contributed by atoms with van der Waals surface area (Å²) < 4.78 is 12.8. The van der Waals surface area contributed by atoms with Crippen LogP contribution in [0.1, 0.15) is 34.7 Å². The predicted octanol–water partition coefficient (Wildman–Crippen LogP) is 3.49. The second-order valence-electron chi connectivity index (χ2n) is 6.48. The van der Waals surface area contributed by atoms with Gasteiger partial charge in [0.25, 0.3) is 5.91 Å². The summed E-state index contributed by atoms with van der Waals surface area (Å²) in [5.74, 6) is 1.03. The highest BCUT2D eigenvalue weighted by Gasteiger charge is 2.21. The number of fused-ring (bicyclic) bond motifs is 1. The molecule has 8 heteroatoms. The molecule has 7 nitrogen and oxygen atoms in total. The average Bonchev–Trinajstić information content (AvgIpc) is 3.09. The van der Waals surface area contributed by atoms with E-state index in [2.05, 4.69) is 15.6 Å². The number of carbonyl (C=O) groups excluding carboxylic acids is 1. The Morgan fingerprint density at radius 1 is 1.18 bits per heavy atom. The van der Waals surface area contributed by atoms with E-state index in [-0.39, 0.29) is 17.6 Å². The summed E-state index contributed by atoms with van der Waals surface area (Å²) >= 11 is 6.22. The van der Waals surface area contributed by atoms with E-state index in [4.69, 9.17) is 21.1 Å². The normalized spacial score (nSPS) is 13.8. The second-order valence-corrected chi connectivity index (χ2v) is 6.89. The van der Waals surface area contributed by atoms with Gasteiger partial charge in [0, 0.05) is 11.1 Å². The van der Waals surface area contributed by atoms with Gasteiger partial charge < -0.3 is 14.8 Å². The van der Waals surface area contributed by atoms with Gasteiger partial charge in [0.05, 0.1) is 17.4 Å². The SMILES string of the molecule is Cc1c(C(=O)NC(C)c2ccccc2Cl)nnn1-c1ccc2c(c1)OCCO2. The van der Waals surface area contributed by atoms with Crippen LogP contribution >= 0.6 is 11.6 Å². The van der Waals surface area contributed by atoms with E-state index in [1.807, 2.05) is 43.3 Å². The number of amides is 1. The molecule has 0 saturated carbocycles. The van der Waals surface area contributed by atoms with Crippen LogP contribution in [-0.2, 0) is 0 Å². The first kappa shape index (κ1) is 18.3. The minimum absolute atomic E-state index is 0.258. The van der Waals surface area contributed by atoms with Crippen LogP contribution in [0.25, 0.3) is 5.69 Å². The monoisotopic (exact) mass is 398 g/mol. The van der Waals surface area contributed by atoms with Crippen molar-refractivity contribution in [1.29, 1.82) is 0 Å². The fourth-order valence-corrected chi connectivity index (χ4v) is 3.42. The molecule has 1 amide bonds. The third-order valence-electron chi connectivity index (χ3n) is 4.60. The molecular weight excluding hydrogens is 380 g/mol. The van der Waals surface area contributed by atoms with E-state index >= 15 is 0 Å². The smallest absolute Gasteiger partial charge is 0.274 e. The molecule has 0 bridgehead atoms. The maximum atomic E-state index is 12.7. The van der Waals surface area contributed by atoms with Crippen molar-refractivity contribution in [2.45, 2.75) is 19.9 Å². The summed E-state index contributed by atoms with van der Waals surface area (Å²) in [6.07, 6.45) is 0. The summed E-state index contributed by atoms with van der Waals surface area (Å²) in [5.41, 5.74) is 2.47. The Labute approximate surface area is 167 Å². The van der Waals surface area contributed by atoms with Crippen LogP contribution in [0.5, 0.6) is 11.5 Å². The number of carbonyl (C=O) groups is 1. The number of hydrogen-bond acceptors (Lipinski definition) is 5. The molecule has 0 spiro atoms. The molecule has 4 rings (SSSR count). The maximum absolute atomic E-state index is 12.7. The summed E-state index contributed by atoms with van der Waals surface area (Å²) in [4.78, 5) is 12.7. The molecule has 1 aliphatic rings. The summed E-state index contributed by atoms with van der Waals surface area (Å²) in [6.45, 7) is 4.70. The zero-order valence-corrected chi connectivity index (χ0v) is 16.2. The molecule has 0 aliphatic carbocycles. The van der Waals surface area contributed by atoms with Gasteiger partial charge in [-0.2, -0.15) is 0 Å². The van der Waals surface area contributed by atoms with Gasteiger partial charge in [0.15, 0.2) is 17.2 Å². The highest BCUT2D eigenvalue weighted by molar-refractivity contribution is 6.31. The Hall–Kier alpha value is -3.06. The molecule has 1 aliphatic heterocycles. The Bertz CT molecular complexity index is 1030. The fourth-order valence-electron chi connectivity index (χ4n) is 3.12. The van der Waals surface area contributed by atoms with Crippen LogP contribution in [0.3, 0.4) is 0 Å². The number of ether oxygens (including phenoxy) is 2. The Morgan fingerprint density at radius 3 is 2.71 bits per heavy atom. The molecule has 0 radical (unpaired) electrons. The molecule has 0 saturated heterocycles. The van der Waals surface area contributed by atoms with E-state index in [0.29, 0.717) is 35.4 Å². The molecule has 1 aromatic heterocycles. The minimum atomic E-state index is -0.311. The van der Waals surface area contributed by atoms with Crippen molar-refractivity contribution < 1.29 is 14.3 Å². The maximum Gasteiger partial charge on any atom is 0.274 e. The first-order chi connectivity index (χ1) is 13.5. The molecule has 28 heavy (non-hydrogen) atoms. The highest BCUT2D eigenvalue weighted by atomic mass is 35.5. The van der Waals surface area contributed by atoms with Crippen molar-refractivity contribution in [2.24, 2.45) is 0 Å². The fraction of sp³-hybridized carbons (Fsp3) is 0.250. The van der Waals surface area contributed by atoms with Crippen molar-refractivity contribution in [1.82, 2.24) is 20.3 Å². The van der Waals surface area contributed by atoms with Crippen LogP contribution < -0.4 is 14.8 Å². The summed E-state index contributed by atoms with van der Waals surface area (Å²) in [5, 5.41) is 11.7. The molecule has 0 fully saturated rings. The van der Waals surface area contributed by atoms with Crippen LogP contribution in [0, 0.1) is 6.92 Å². The minimum Gasteiger partial charge on any atom is -0.486 e. The number of halogens is 1. The number of benzene rings is 2. The van der Waals surface area contributed by atoms with Crippen molar-refractivity contribution in [3.05, 3.63) is 64.4 Å². The number of nitrogens with zero attached hydrogens (tertiary/aromatic N) is 3. The standard InChI is InChI=1S/C20H19ClN4O3/c1-12(15-5-3-4-6-16(15)21)22-20(26)19-13(2)25(24-23-19)14-7-8-17-18(11-14)28-10-9-27-17/h3-8,11-12H,9-10H2,1-2H3,(H,22,26). The quantitative estimate of drug-likeness (QED) is 0.727. The first-order valence-electron chi connectivity index (χ1n) is 8.92. The topological polar surface area (TPSA) is 78.3 Å². The van der Waals surface area contributed by atoms with Gasteiger partial charge in [0.2, 0.25) is 0 Å². The van der Waals surface area contributed by atoms with Crippen molar-refractivity contribution in [3.63, 3.8) is 0 Å². The number of nitrogens with one attached hydrogen (secondary N) is 1. The molecule has 1 atom stereocenters. The lowest BCUT2D eigenvalue weighted by Gasteiger charge is -2.19. The highest BCUT2D eigenvalue weighted by Crippen LogP contribution is 2.32. The van der Waals surface area contributed by atoms with E-state index < -0.39 is 0 Å². The lowest BCUT2D eigenvalue weighted by molar-refractivity contribution is 0.0934. The third-order valence-corrected chi connectivity index (χ3v) is 4.94. The lowest BCUT2D eigenvalue weighted by atomic mass is 10.1. The molecule has 1 N–H and O–H groups in total. The molecule has 144 valence electrons. The zero-order chi connectivity index (χ0) is 19.7. The summed E-state index contributed by atoms with van der Waals surface area (Å²) in [6, 6.07) is 12.6. The van der Waals surface area contributed by atoms with E-state index in [1.165, 1.54) is 0 Å². The van der Waals surface area contributed by atoms with Gasteiger partial charge in [-0.15, -0.1) is 5.10 Å². The summed E-state index contributed by atoms with van der Waals surface area (Å²) in [7, 11) is 0. The van der Waals surface area contributed by atoms with Gasteiger partial charge >= 0.3 is 0 Å². The van der Waals surface area contributed by atoms with E-state index in [9.17, 15) is 4.79 Å². The second kappa shape index (κ2) is 7.52. The molecule has 3 aromatic rings. The molecule has 2 aromatic carbocycles. The number of aromatic nitrogens is 3. The van der Waals surface area contributed by atoms with Gasteiger partial charge in [-0.3, -0.25) is 4.79 Å². The van der Waals surface area contributed by atoms with Crippen molar-refractivity contribution >= 4 is 17.5 Å². The average molecular weight is 399 g/mol. The van der Waals surface area contributed by atoms with Gasteiger partial charge in [-0.1, -0.05) is 35.0 Å². The van der Waals surface area contributed by atoms with Gasteiger partial charge in [-0.05, 0) is 37.6 Å². The van der Waals surface area contributed by atoms with Crippen LogP contribution in [0.2, 0.25) is 5.02 Å². The van der Waals surface area contributed by atoms with Gasteiger partial charge in [0.1, 0.15) is 13.2 Å². The van der Waals surface area contributed by atoms with Crippen LogP contribution in [0.15, 0.2) is 42.5 Å². The van der Waals surface area contributed by atoms with E-state index in [1.54, 1.807) is 17.7 Å². The molecule has 1 unspecified atom stereocenters. The lowest BCUT2D eigenvalue weighted by Crippen LogP contribution is -2.27. The van der Waals surface area contributed by atoms with Crippen molar-refractivity contribution in [2.75, 3.05) is 13.2 Å². The third kappa shape index (κ3) is 3.41. The predicted molar refractivity (Wildman–Crippen MR) is 104 cm³/mol. The molecule has 2 heterocycles. The Morgan fingerprint density at radius 2 is 1.93 bits per heavy atom. The number of hydrogen-bond donors (Lipinski definition) is 1. The Kier molecular flexibility index (Phi) is 4.92. The molecular formula is C20H19ClN4O3. The largest absolute Gasteiger partial charge is 0.486 e. The van der Waals surface area contributed by atoms with Crippen LogP contribution in [-0.4, -0.2) is 34.1 Å². The van der Waals surface area contributed by atoms with Gasteiger partial charge in [-0.25, -0.2) is 4.68 Å². The van der Waals surface area contributed by atoms with Crippen LogP contribution in [0.4, 0.5) is 0 Å². The zero-order valence-electron chi connectivity index (χ0n) is 15.5.